The van der Waals surface area contributed by atoms with E-state index in [-0.39, 0.29) is 41.3 Å². The van der Waals surface area contributed by atoms with Gasteiger partial charge in [0.05, 0.1) is 27.4 Å². The number of benzene rings is 2. The second-order valence-corrected chi connectivity index (χ2v) is 10.5. The fourth-order valence-electron chi connectivity index (χ4n) is 4.91. The van der Waals surface area contributed by atoms with Gasteiger partial charge in [0, 0.05) is 18.6 Å². The number of ether oxygens (including phenoxy) is 5. The van der Waals surface area contributed by atoms with Crippen molar-refractivity contribution in [2.45, 2.75) is 57.4 Å². The van der Waals surface area contributed by atoms with Crippen molar-refractivity contribution in [3.8, 4) is 40.1 Å². The van der Waals surface area contributed by atoms with Crippen LogP contribution in [0.3, 0.4) is 0 Å². The number of fused-ring (bicyclic) bond motifs is 1. The maximum absolute atomic E-state index is 13.3. The number of aryl methyl sites for hydroxylation is 1. The zero-order valence-electron chi connectivity index (χ0n) is 24.6. The summed E-state index contributed by atoms with van der Waals surface area (Å²) in [5.74, 6) is -2.17. The van der Waals surface area contributed by atoms with E-state index in [1.165, 1.54) is 27.2 Å². The van der Waals surface area contributed by atoms with Crippen LogP contribution < -0.4 is 19.6 Å². The number of carbonyl (C=O) groups is 1. The van der Waals surface area contributed by atoms with E-state index in [9.17, 15) is 40.2 Å². The number of phenols is 1. The number of hydrogen-bond acceptors (Lipinski definition) is 14. The maximum atomic E-state index is 13.3. The summed E-state index contributed by atoms with van der Waals surface area (Å²) in [7, 11) is 2.67. The molecule has 1 fully saturated rings. The summed E-state index contributed by atoms with van der Waals surface area (Å²) < 4.78 is 32.7. The second kappa shape index (κ2) is 13.7. The van der Waals surface area contributed by atoms with Crippen LogP contribution in [0.15, 0.2) is 33.5 Å². The fraction of sp³-hybridized carbons (Fsp3) is 0.467. The molecule has 1 unspecified atom stereocenters. The van der Waals surface area contributed by atoms with Crippen LogP contribution in [0.25, 0.3) is 22.3 Å². The molecule has 0 saturated carbocycles. The van der Waals surface area contributed by atoms with Crippen molar-refractivity contribution in [1.29, 1.82) is 0 Å². The van der Waals surface area contributed by atoms with Crippen LogP contribution in [0.5, 0.6) is 28.7 Å². The molecule has 240 valence electrons. The van der Waals surface area contributed by atoms with Gasteiger partial charge in [0.1, 0.15) is 41.1 Å². The summed E-state index contributed by atoms with van der Waals surface area (Å²) in [5.41, 5.74) is -0.153. The Morgan fingerprint density at radius 1 is 1.00 bits per heavy atom. The molecule has 14 nitrogen and oxygen atoms in total. The smallest absolute Gasteiger partial charge is 0.302 e. The molecule has 14 heteroatoms. The predicted molar refractivity (Wildman–Crippen MR) is 153 cm³/mol. The summed E-state index contributed by atoms with van der Waals surface area (Å²) in [6.45, 7) is 2.82. The molecule has 6 atom stereocenters. The maximum Gasteiger partial charge on any atom is 0.302 e. The number of esters is 1. The van der Waals surface area contributed by atoms with E-state index in [2.05, 4.69) is 0 Å². The first-order valence-electron chi connectivity index (χ1n) is 13.8. The lowest BCUT2D eigenvalue weighted by molar-refractivity contribution is -0.277. The third-order valence-electron chi connectivity index (χ3n) is 7.37. The first-order valence-corrected chi connectivity index (χ1v) is 13.8. The van der Waals surface area contributed by atoms with Crippen molar-refractivity contribution in [3.05, 3.63) is 40.1 Å². The number of aliphatic hydroxyl groups excluding tert-OH is 4. The zero-order chi connectivity index (χ0) is 32.3. The number of phenolic OH excluding ortho intramolecular Hbond substituents is 1. The van der Waals surface area contributed by atoms with Crippen LogP contribution in [0.4, 0.5) is 0 Å². The van der Waals surface area contributed by atoms with E-state index in [4.69, 9.17) is 28.1 Å². The highest BCUT2D eigenvalue weighted by molar-refractivity contribution is 5.91. The molecule has 2 aromatic carbocycles. The van der Waals surface area contributed by atoms with Crippen LogP contribution in [0, 0.1) is 5.92 Å². The van der Waals surface area contributed by atoms with Crippen molar-refractivity contribution in [1.82, 2.24) is 0 Å². The average Bonchev–Trinajstić information content (AvgIpc) is 3.00. The number of carbonyl (C=O) groups excluding carboxylic acids is 1. The molecule has 2 heterocycles. The normalized spacial score (nSPS) is 22.4. The first kappa shape index (κ1) is 32.8. The van der Waals surface area contributed by atoms with Crippen LogP contribution >= 0.6 is 0 Å². The molecule has 1 aliphatic heterocycles. The number of hydrogen-bond donors (Lipinski definition) is 6. The Bertz CT molecular complexity index is 1550. The Morgan fingerprint density at radius 3 is 2.36 bits per heavy atom. The van der Waals surface area contributed by atoms with Gasteiger partial charge in [0.2, 0.25) is 23.2 Å². The summed E-state index contributed by atoms with van der Waals surface area (Å²) in [5, 5.41) is 61.5. The summed E-state index contributed by atoms with van der Waals surface area (Å²) in [6, 6.07) is 6.06. The molecule has 6 N–H and O–H groups in total. The molecular weight excluding hydrogens is 584 g/mol. The number of aliphatic hydroxyl groups is 4. The Balaban J connectivity index is 1.74. The van der Waals surface area contributed by atoms with Gasteiger partial charge in [-0.3, -0.25) is 9.59 Å². The lowest BCUT2D eigenvalue weighted by atomic mass is 9.98. The molecule has 3 aromatic rings. The Hall–Kier alpha value is -4.08. The number of aromatic hydroxyl groups is 2. The SMILES string of the molecule is COc1ccc(-c2oc3cc(O[C@H]4O[C@H](CO)[C@@H](O)[C@H](O)[C@H]4O)c(OC)c(O)c3c(=O)c2O)cc1CCC(C)COC(C)=O. The Kier molecular flexibility index (Phi) is 10.2. The van der Waals surface area contributed by atoms with Gasteiger partial charge in [0.15, 0.2) is 17.3 Å². The van der Waals surface area contributed by atoms with Crippen molar-refractivity contribution < 1.29 is 63.5 Å². The van der Waals surface area contributed by atoms with E-state index in [0.29, 0.717) is 24.2 Å². The fourth-order valence-corrected chi connectivity index (χ4v) is 4.91. The summed E-state index contributed by atoms with van der Waals surface area (Å²) in [4.78, 5) is 24.4. The van der Waals surface area contributed by atoms with Gasteiger partial charge >= 0.3 is 5.97 Å². The largest absolute Gasteiger partial charge is 0.504 e. The minimum absolute atomic E-state index is 0.0411. The minimum Gasteiger partial charge on any atom is -0.504 e. The standard InChI is InChI=1S/C30H36O14/c1-13(12-41-14(2)32)5-6-15-9-16(7-8-17(15)39-3)28-26(37)23(34)21-18(42-28)10-19(29(40-4)24(21)35)43-30-27(38)25(36)22(33)20(11-31)44-30/h7-10,13,20,22,25,27,30-31,33,35-38H,5-6,11-12H2,1-4H3/t13?,20-,22-,25+,27-,30+/m1/s1. The van der Waals surface area contributed by atoms with Crippen LogP contribution in [0.1, 0.15) is 25.8 Å². The van der Waals surface area contributed by atoms with Crippen LogP contribution in [-0.2, 0) is 20.7 Å². The molecule has 0 spiro atoms. The van der Waals surface area contributed by atoms with Crippen molar-refractivity contribution in [2.24, 2.45) is 5.92 Å². The highest BCUT2D eigenvalue weighted by atomic mass is 16.7. The van der Waals surface area contributed by atoms with Crippen molar-refractivity contribution >= 4 is 16.9 Å². The van der Waals surface area contributed by atoms with Gasteiger partial charge < -0.3 is 58.7 Å². The van der Waals surface area contributed by atoms with E-state index in [0.717, 1.165) is 5.56 Å². The third-order valence-corrected chi connectivity index (χ3v) is 7.37. The van der Waals surface area contributed by atoms with Gasteiger partial charge in [0.25, 0.3) is 0 Å². The predicted octanol–water partition coefficient (Wildman–Crippen LogP) is 1.20. The topological polar surface area (TPSA) is 215 Å². The van der Waals surface area contributed by atoms with Gasteiger partial charge in [-0.25, -0.2) is 0 Å². The minimum atomic E-state index is -1.77. The lowest BCUT2D eigenvalue weighted by Gasteiger charge is -2.39. The third kappa shape index (κ3) is 6.54. The molecule has 0 radical (unpaired) electrons. The monoisotopic (exact) mass is 620 g/mol. The quantitative estimate of drug-likeness (QED) is 0.166. The molecule has 0 aliphatic carbocycles. The highest BCUT2D eigenvalue weighted by Gasteiger charge is 2.45. The highest BCUT2D eigenvalue weighted by Crippen LogP contribution is 2.45. The summed E-state index contributed by atoms with van der Waals surface area (Å²) in [6.07, 6.45) is -6.90. The molecule has 44 heavy (non-hydrogen) atoms. The lowest BCUT2D eigenvalue weighted by Crippen LogP contribution is -2.60. The molecule has 4 rings (SSSR count). The van der Waals surface area contributed by atoms with E-state index >= 15 is 0 Å². The molecule has 1 aromatic heterocycles. The molecular formula is C30H36O14. The molecule has 0 amide bonds. The summed E-state index contributed by atoms with van der Waals surface area (Å²) >= 11 is 0. The van der Waals surface area contributed by atoms with E-state index < -0.39 is 59.6 Å². The van der Waals surface area contributed by atoms with Crippen LogP contribution in [-0.4, -0.2) is 94.7 Å². The molecule has 1 aliphatic rings. The number of rotatable bonds is 11. The van der Waals surface area contributed by atoms with Gasteiger partial charge in [-0.2, -0.15) is 0 Å². The van der Waals surface area contributed by atoms with Gasteiger partial charge in [-0.05, 0) is 42.5 Å². The zero-order valence-corrected chi connectivity index (χ0v) is 24.6. The van der Waals surface area contributed by atoms with Gasteiger partial charge in [-0.1, -0.05) is 6.92 Å². The van der Waals surface area contributed by atoms with Gasteiger partial charge in [-0.15, -0.1) is 0 Å². The average molecular weight is 621 g/mol. The molecule has 0 bridgehead atoms. The first-order chi connectivity index (χ1) is 20.9. The van der Waals surface area contributed by atoms with Crippen molar-refractivity contribution in [3.63, 3.8) is 0 Å². The Morgan fingerprint density at radius 2 is 1.73 bits per heavy atom. The van der Waals surface area contributed by atoms with Crippen molar-refractivity contribution in [2.75, 3.05) is 27.4 Å². The van der Waals surface area contributed by atoms with Crippen LogP contribution in [0.2, 0.25) is 0 Å². The Labute approximate surface area is 251 Å². The van der Waals surface area contributed by atoms with E-state index in [1.54, 1.807) is 18.2 Å². The number of methoxy groups -OCH3 is 2. The second-order valence-electron chi connectivity index (χ2n) is 10.5. The molecule has 1 saturated heterocycles. The van der Waals surface area contributed by atoms with E-state index in [1.807, 2.05) is 6.92 Å².